The molecule has 0 amide bonds. The minimum Gasteiger partial charge on any atom is -0.453 e. The maximum absolute atomic E-state index is 12.8. The van der Waals surface area contributed by atoms with Crippen LogP contribution < -0.4 is 0 Å². The third-order valence-electron chi connectivity index (χ3n) is 5.43. The number of carbonyl (C=O) groups excluding carboxylic acids is 2. The van der Waals surface area contributed by atoms with Crippen LogP contribution in [0.4, 0.5) is 0 Å². The Hall–Kier alpha value is -2.08. The van der Waals surface area contributed by atoms with Crippen molar-refractivity contribution in [1.29, 1.82) is 0 Å². The number of Topliss-reactive ketones (excluding diaryl/α,β-unsaturated/α-hetero) is 1. The van der Waals surface area contributed by atoms with E-state index in [4.69, 9.17) is 27.9 Å². The summed E-state index contributed by atoms with van der Waals surface area (Å²) in [7, 11) is 0. The number of carbonyl (C=O) groups is 2. The third kappa shape index (κ3) is 4.07. The van der Waals surface area contributed by atoms with E-state index in [0.29, 0.717) is 20.5 Å². The molecule has 7 heteroatoms. The average Bonchev–Trinajstić information content (AvgIpc) is 3.29. The molecule has 1 aliphatic carbocycles. The highest BCUT2D eigenvalue weighted by atomic mass is 35.5. The number of benzene rings is 1. The maximum Gasteiger partial charge on any atom is 0.348 e. The molecule has 0 bridgehead atoms. The number of ketones is 1. The summed E-state index contributed by atoms with van der Waals surface area (Å²) < 4.78 is 7.28. The van der Waals surface area contributed by atoms with Crippen LogP contribution in [-0.4, -0.2) is 22.9 Å². The topological polar surface area (TPSA) is 48.3 Å². The fraction of sp³-hybridized carbons (Fsp3) is 0.304. The highest BCUT2D eigenvalue weighted by Crippen LogP contribution is 2.30. The number of aromatic nitrogens is 1. The van der Waals surface area contributed by atoms with Gasteiger partial charge in [0.1, 0.15) is 4.88 Å². The SMILES string of the molecule is Cc1cc(C(=O)COC(=O)c2cc3c(s2)CCCC3)c(C)n1-c1ccc(Cl)c(Cl)c1. The van der Waals surface area contributed by atoms with Crippen LogP contribution >= 0.6 is 34.5 Å². The number of aryl methyl sites for hydroxylation is 3. The fourth-order valence-electron chi connectivity index (χ4n) is 3.94. The van der Waals surface area contributed by atoms with Crippen LogP contribution in [0.1, 0.15) is 54.7 Å². The second kappa shape index (κ2) is 8.58. The summed E-state index contributed by atoms with van der Waals surface area (Å²) in [6, 6.07) is 9.06. The van der Waals surface area contributed by atoms with Gasteiger partial charge < -0.3 is 9.30 Å². The second-order valence-corrected chi connectivity index (χ2v) is 9.44. The van der Waals surface area contributed by atoms with Gasteiger partial charge >= 0.3 is 5.97 Å². The Labute approximate surface area is 189 Å². The predicted molar refractivity (Wildman–Crippen MR) is 121 cm³/mol. The number of halogens is 2. The van der Waals surface area contributed by atoms with E-state index in [0.717, 1.165) is 42.8 Å². The summed E-state index contributed by atoms with van der Waals surface area (Å²) in [4.78, 5) is 27.1. The van der Waals surface area contributed by atoms with E-state index in [1.807, 2.05) is 30.5 Å². The van der Waals surface area contributed by atoms with Crippen molar-refractivity contribution in [2.45, 2.75) is 39.5 Å². The minimum absolute atomic E-state index is 0.232. The first kappa shape index (κ1) is 21.2. The van der Waals surface area contributed by atoms with E-state index in [9.17, 15) is 9.59 Å². The summed E-state index contributed by atoms with van der Waals surface area (Å²) in [5.74, 6) is -0.662. The normalized spacial score (nSPS) is 13.2. The Morgan fingerprint density at radius 3 is 2.57 bits per heavy atom. The molecule has 0 radical (unpaired) electrons. The molecule has 0 aliphatic heterocycles. The first-order valence-electron chi connectivity index (χ1n) is 9.81. The molecule has 1 aliphatic rings. The van der Waals surface area contributed by atoms with Gasteiger partial charge in [-0.25, -0.2) is 4.79 Å². The van der Waals surface area contributed by atoms with Gasteiger partial charge in [0.05, 0.1) is 10.0 Å². The van der Waals surface area contributed by atoms with Crippen molar-refractivity contribution in [3.63, 3.8) is 0 Å². The van der Waals surface area contributed by atoms with E-state index < -0.39 is 5.97 Å². The summed E-state index contributed by atoms with van der Waals surface area (Å²) in [5, 5.41) is 0.920. The maximum atomic E-state index is 12.8. The molecule has 4 rings (SSSR count). The van der Waals surface area contributed by atoms with Crippen molar-refractivity contribution in [3.05, 3.63) is 72.6 Å². The second-order valence-electron chi connectivity index (χ2n) is 7.48. The van der Waals surface area contributed by atoms with Crippen LogP contribution in [0, 0.1) is 13.8 Å². The molecule has 0 unspecified atom stereocenters. The third-order valence-corrected chi connectivity index (χ3v) is 7.38. The van der Waals surface area contributed by atoms with E-state index in [-0.39, 0.29) is 12.4 Å². The molecule has 3 aromatic rings. The van der Waals surface area contributed by atoms with E-state index in [2.05, 4.69) is 0 Å². The van der Waals surface area contributed by atoms with Gasteiger partial charge in [-0.3, -0.25) is 4.79 Å². The molecule has 0 saturated carbocycles. The molecular weight excluding hydrogens is 441 g/mol. The van der Waals surface area contributed by atoms with E-state index in [1.165, 1.54) is 21.8 Å². The minimum atomic E-state index is -0.430. The number of ether oxygens (including phenoxy) is 1. The van der Waals surface area contributed by atoms with Crippen molar-refractivity contribution in [2.24, 2.45) is 0 Å². The van der Waals surface area contributed by atoms with Crippen molar-refractivity contribution in [1.82, 2.24) is 4.57 Å². The molecule has 1 aromatic carbocycles. The number of hydrogen-bond acceptors (Lipinski definition) is 4. The quantitative estimate of drug-likeness (QED) is 0.327. The van der Waals surface area contributed by atoms with E-state index in [1.54, 1.807) is 18.2 Å². The van der Waals surface area contributed by atoms with Crippen LogP contribution in [-0.2, 0) is 17.6 Å². The number of nitrogens with zero attached hydrogens (tertiary/aromatic N) is 1. The van der Waals surface area contributed by atoms with Crippen molar-refractivity contribution < 1.29 is 14.3 Å². The Bertz CT molecular complexity index is 1120. The number of hydrogen-bond donors (Lipinski definition) is 0. The van der Waals surface area contributed by atoms with Gasteiger partial charge in [0, 0.05) is 27.5 Å². The van der Waals surface area contributed by atoms with Gasteiger partial charge in [-0.1, -0.05) is 23.2 Å². The first-order chi connectivity index (χ1) is 14.3. The van der Waals surface area contributed by atoms with Crippen molar-refractivity contribution in [3.8, 4) is 5.69 Å². The first-order valence-corrected chi connectivity index (χ1v) is 11.4. The molecule has 156 valence electrons. The van der Waals surface area contributed by atoms with Gasteiger partial charge in [0.2, 0.25) is 5.78 Å². The average molecular weight is 462 g/mol. The summed E-state index contributed by atoms with van der Waals surface area (Å²) in [6.45, 7) is 3.49. The molecule has 0 fully saturated rings. The Kier molecular flexibility index (Phi) is 6.05. The Morgan fingerprint density at radius 1 is 1.07 bits per heavy atom. The van der Waals surface area contributed by atoms with Crippen LogP contribution in [0.3, 0.4) is 0 Å². The fourth-order valence-corrected chi connectivity index (χ4v) is 5.38. The molecule has 0 N–H and O–H groups in total. The van der Waals surface area contributed by atoms with E-state index >= 15 is 0 Å². The van der Waals surface area contributed by atoms with Gasteiger partial charge in [0.15, 0.2) is 6.61 Å². The van der Waals surface area contributed by atoms with Crippen molar-refractivity contribution in [2.75, 3.05) is 6.61 Å². The zero-order valence-electron chi connectivity index (χ0n) is 16.8. The lowest BCUT2D eigenvalue weighted by Crippen LogP contribution is -2.14. The monoisotopic (exact) mass is 461 g/mol. The molecule has 4 nitrogen and oxygen atoms in total. The lowest BCUT2D eigenvalue weighted by atomic mass is 9.99. The smallest absolute Gasteiger partial charge is 0.348 e. The highest BCUT2D eigenvalue weighted by molar-refractivity contribution is 7.14. The zero-order valence-corrected chi connectivity index (χ0v) is 19.1. The number of esters is 1. The number of fused-ring (bicyclic) bond motifs is 1. The predicted octanol–water partition coefficient (Wildman–Crippen LogP) is 6.38. The number of rotatable bonds is 5. The molecule has 2 aromatic heterocycles. The standard InChI is InChI=1S/C23H21Cl2NO3S/c1-13-9-17(14(2)26(13)16-7-8-18(24)19(25)11-16)20(27)12-29-23(28)22-10-15-5-3-4-6-21(15)30-22/h7-11H,3-6,12H2,1-2H3. The lowest BCUT2D eigenvalue weighted by molar-refractivity contribution is 0.0479. The van der Waals surface area contributed by atoms with Crippen LogP contribution in [0.15, 0.2) is 30.3 Å². The van der Waals surface area contributed by atoms with Crippen molar-refractivity contribution >= 4 is 46.3 Å². The van der Waals surface area contributed by atoms with Crippen LogP contribution in [0.25, 0.3) is 5.69 Å². The largest absolute Gasteiger partial charge is 0.453 e. The summed E-state index contributed by atoms with van der Waals surface area (Å²) >= 11 is 13.7. The molecule has 0 spiro atoms. The number of thiophene rings is 1. The van der Waals surface area contributed by atoms with Gasteiger partial charge in [0.25, 0.3) is 0 Å². The van der Waals surface area contributed by atoms with Crippen LogP contribution in [0.2, 0.25) is 10.0 Å². The van der Waals surface area contributed by atoms with Gasteiger partial charge in [-0.15, -0.1) is 11.3 Å². The molecule has 0 atom stereocenters. The Balaban J connectivity index is 1.49. The Morgan fingerprint density at radius 2 is 1.83 bits per heavy atom. The lowest BCUT2D eigenvalue weighted by Gasteiger charge is -2.11. The summed E-state index contributed by atoms with van der Waals surface area (Å²) in [6.07, 6.45) is 4.35. The molecule has 30 heavy (non-hydrogen) atoms. The zero-order chi connectivity index (χ0) is 21.4. The van der Waals surface area contributed by atoms with Gasteiger partial charge in [-0.2, -0.15) is 0 Å². The molecule has 2 heterocycles. The molecule has 0 saturated heterocycles. The summed E-state index contributed by atoms with van der Waals surface area (Å²) in [5.41, 5.74) is 4.23. The molecular formula is C23H21Cl2NO3S. The van der Waals surface area contributed by atoms with Crippen LogP contribution in [0.5, 0.6) is 0 Å². The highest BCUT2D eigenvalue weighted by Gasteiger charge is 2.21. The van der Waals surface area contributed by atoms with Gasteiger partial charge in [-0.05, 0) is 75.4 Å².